The predicted molar refractivity (Wildman–Crippen MR) is 83.2 cm³/mol. The molecule has 108 valence electrons. The summed E-state index contributed by atoms with van der Waals surface area (Å²) in [6.45, 7) is 2.38. The lowest BCUT2D eigenvalue weighted by atomic mass is 9.89. The van der Waals surface area contributed by atoms with Crippen LogP contribution in [-0.4, -0.2) is 18.2 Å². The summed E-state index contributed by atoms with van der Waals surface area (Å²) in [5.41, 5.74) is 4.45. The standard InChI is InChI=1S/C15H20ClN3O/c1-11-5-4-6-12(9-11)18-19-15(20)10-17-14-8-3-2-7-13(14)16/h2-3,7-8,11,17H,4-6,9-10H2,1H3,(H,19,20)/b18-12+. The molecule has 4 nitrogen and oxygen atoms in total. The molecule has 5 heteroatoms. The summed E-state index contributed by atoms with van der Waals surface area (Å²) in [4.78, 5) is 11.7. The molecule has 1 aliphatic carbocycles. The molecule has 1 unspecified atom stereocenters. The van der Waals surface area contributed by atoms with E-state index >= 15 is 0 Å². The third kappa shape index (κ3) is 4.53. The van der Waals surface area contributed by atoms with E-state index < -0.39 is 0 Å². The summed E-state index contributed by atoms with van der Waals surface area (Å²) < 4.78 is 0. The molecule has 0 aromatic heterocycles. The normalized spacial score (nSPS) is 20.7. The van der Waals surface area contributed by atoms with Gasteiger partial charge in [0, 0.05) is 5.71 Å². The molecule has 0 bridgehead atoms. The summed E-state index contributed by atoms with van der Waals surface area (Å²) in [5, 5.41) is 7.81. The van der Waals surface area contributed by atoms with Crippen molar-refractivity contribution < 1.29 is 4.79 Å². The van der Waals surface area contributed by atoms with Gasteiger partial charge >= 0.3 is 0 Å². The number of halogens is 1. The van der Waals surface area contributed by atoms with E-state index in [1.54, 1.807) is 6.07 Å². The Hall–Kier alpha value is -1.55. The summed E-state index contributed by atoms with van der Waals surface area (Å²) in [6.07, 6.45) is 4.38. The number of hydrazone groups is 1. The molecule has 0 saturated heterocycles. The Bertz CT molecular complexity index is 502. The van der Waals surface area contributed by atoms with Gasteiger partial charge in [0.15, 0.2) is 0 Å². The number of amides is 1. The average Bonchev–Trinajstić information content (AvgIpc) is 2.44. The van der Waals surface area contributed by atoms with Crippen molar-refractivity contribution in [1.29, 1.82) is 0 Å². The first-order valence-electron chi connectivity index (χ1n) is 6.98. The van der Waals surface area contributed by atoms with Crippen molar-refractivity contribution in [3.63, 3.8) is 0 Å². The van der Waals surface area contributed by atoms with Crippen LogP contribution < -0.4 is 10.7 Å². The lowest BCUT2D eigenvalue weighted by Gasteiger charge is -2.19. The lowest BCUT2D eigenvalue weighted by Crippen LogP contribution is -2.28. The van der Waals surface area contributed by atoms with Gasteiger partial charge in [-0.25, -0.2) is 5.43 Å². The molecule has 20 heavy (non-hydrogen) atoms. The number of nitrogens with zero attached hydrogens (tertiary/aromatic N) is 1. The largest absolute Gasteiger partial charge is 0.375 e. The van der Waals surface area contributed by atoms with Crippen LogP contribution >= 0.6 is 11.6 Å². The van der Waals surface area contributed by atoms with Gasteiger partial charge in [-0.05, 0) is 43.7 Å². The van der Waals surface area contributed by atoms with Gasteiger partial charge in [0.1, 0.15) is 0 Å². The van der Waals surface area contributed by atoms with Gasteiger partial charge < -0.3 is 5.32 Å². The van der Waals surface area contributed by atoms with E-state index in [2.05, 4.69) is 22.8 Å². The molecular formula is C15H20ClN3O. The third-order valence-corrected chi connectivity index (χ3v) is 3.73. The number of carbonyl (C=O) groups excluding carboxylic acids is 1. The fourth-order valence-corrected chi connectivity index (χ4v) is 2.53. The summed E-state index contributed by atoms with van der Waals surface area (Å²) >= 11 is 6.00. The maximum absolute atomic E-state index is 11.7. The molecule has 0 radical (unpaired) electrons. The Labute approximate surface area is 124 Å². The molecule has 1 fully saturated rings. The first-order chi connectivity index (χ1) is 9.65. The minimum Gasteiger partial charge on any atom is -0.375 e. The third-order valence-electron chi connectivity index (χ3n) is 3.40. The SMILES string of the molecule is CC1CCC/C(=N\NC(=O)CNc2ccccc2Cl)C1. The number of hydrogen-bond donors (Lipinski definition) is 2. The van der Waals surface area contributed by atoms with Crippen molar-refractivity contribution >= 4 is 28.9 Å². The molecule has 1 amide bonds. The molecule has 0 aliphatic heterocycles. The Balaban J connectivity index is 1.78. The number of para-hydroxylation sites is 1. The Morgan fingerprint density at radius 1 is 1.45 bits per heavy atom. The quantitative estimate of drug-likeness (QED) is 0.836. The van der Waals surface area contributed by atoms with Crippen molar-refractivity contribution in [1.82, 2.24) is 5.43 Å². The highest BCUT2D eigenvalue weighted by Crippen LogP contribution is 2.21. The second kappa shape index (κ2) is 7.29. The topological polar surface area (TPSA) is 53.5 Å². The molecule has 2 N–H and O–H groups in total. The second-order valence-corrected chi connectivity index (χ2v) is 5.66. The Morgan fingerprint density at radius 2 is 2.25 bits per heavy atom. The van der Waals surface area contributed by atoms with Crippen LogP contribution in [0.3, 0.4) is 0 Å². The highest BCUT2D eigenvalue weighted by molar-refractivity contribution is 6.33. The molecule has 0 heterocycles. The van der Waals surface area contributed by atoms with Crippen molar-refractivity contribution in [2.45, 2.75) is 32.6 Å². The van der Waals surface area contributed by atoms with Crippen molar-refractivity contribution in [2.75, 3.05) is 11.9 Å². The number of benzene rings is 1. The first-order valence-corrected chi connectivity index (χ1v) is 7.35. The van der Waals surface area contributed by atoms with E-state index in [0.717, 1.165) is 30.7 Å². The minimum atomic E-state index is -0.157. The summed E-state index contributed by atoms with van der Waals surface area (Å²) in [5.74, 6) is 0.510. The van der Waals surface area contributed by atoms with Gasteiger partial charge in [-0.3, -0.25) is 4.79 Å². The molecule has 1 atom stereocenters. The number of carbonyl (C=O) groups is 1. The van der Waals surface area contributed by atoms with Crippen LogP contribution in [0.15, 0.2) is 29.4 Å². The zero-order valence-corrected chi connectivity index (χ0v) is 12.4. The molecule has 2 rings (SSSR count). The van der Waals surface area contributed by atoms with E-state index in [0.29, 0.717) is 10.9 Å². The van der Waals surface area contributed by atoms with Crippen LogP contribution in [-0.2, 0) is 4.79 Å². The van der Waals surface area contributed by atoms with Gasteiger partial charge in [-0.1, -0.05) is 30.7 Å². The van der Waals surface area contributed by atoms with E-state index in [1.807, 2.05) is 18.2 Å². The fourth-order valence-electron chi connectivity index (χ4n) is 2.32. The van der Waals surface area contributed by atoms with E-state index in [9.17, 15) is 4.79 Å². The number of hydrogen-bond acceptors (Lipinski definition) is 3. The van der Waals surface area contributed by atoms with E-state index in [4.69, 9.17) is 11.6 Å². The van der Waals surface area contributed by atoms with Crippen LogP contribution in [0, 0.1) is 5.92 Å². The van der Waals surface area contributed by atoms with Crippen LogP contribution in [0.25, 0.3) is 0 Å². The maximum atomic E-state index is 11.7. The van der Waals surface area contributed by atoms with Gasteiger partial charge in [0.05, 0.1) is 17.3 Å². The highest BCUT2D eigenvalue weighted by Gasteiger charge is 2.14. The molecule has 1 aromatic carbocycles. The Morgan fingerprint density at radius 3 is 3.00 bits per heavy atom. The number of rotatable bonds is 4. The summed E-state index contributed by atoms with van der Waals surface area (Å²) in [7, 11) is 0. The molecular weight excluding hydrogens is 274 g/mol. The Kier molecular flexibility index (Phi) is 5.41. The molecule has 1 aliphatic rings. The maximum Gasteiger partial charge on any atom is 0.259 e. The van der Waals surface area contributed by atoms with Crippen molar-refractivity contribution in [2.24, 2.45) is 11.0 Å². The minimum absolute atomic E-state index is 0.157. The zero-order valence-electron chi connectivity index (χ0n) is 11.7. The van der Waals surface area contributed by atoms with Crippen LogP contribution in [0.1, 0.15) is 32.6 Å². The van der Waals surface area contributed by atoms with Crippen LogP contribution in [0.5, 0.6) is 0 Å². The fraction of sp³-hybridized carbons (Fsp3) is 0.467. The van der Waals surface area contributed by atoms with Crippen molar-refractivity contribution in [3.8, 4) is 0 Å². The number of anilines is 1. The highest BCUT2D eigenvalue weighted by atomic mass is 35.5. The smallest absolute Gasteiger partial charge is 0.259 e. The van der Waals surface area contributed by atoms with Crippen molar-refractivity contribution in [3.05, 3.63) is 29.3 Å². The van der Waals surface area contributed by atoms with Gasteiger partial charge in [-0.15, -0.1) is 0 Å². The van der Waals surface area contributed by atoms with E-state index in [1.165, 1.54) is 6.42 Å². The van der Waals surface area contributed by atoms with Crippen LogP contribution in [0.2, 0.25) is 5.02 Å². The van der Waals surface area contributed by atoms with Gasteiger partial charge in [0.2, 0.25) is 0 Å². The number of nitrogens with one attached hydrogen (secondary N) is 2. The monoisotopic (exact) mass is 293 g/mol. The predicted octanol–water partition coefficient (Wildman–Crippen LogP) is 3.43. The first kappa shape index (κ1) is 14.9. The second-order valence-electron chi connectivity index (χ2n) is 5.25. The summed E-state index contributed by atoms with van der Waals surface area (Å²) in [6, 6.07) is 7.34. The molecule has 1 saturated carbocycles. The molecule has 1 aromatic rings. The van der Waals surface area contributed by atoms with Crippen LogP contribution in [0.4, 0.5) is 5.69 Å². The zero-order chi connectivity index (χ0) is 14.4. The molecule has 0 spiro atoms. The van der Waals surface area contributed by atoms with E-state index in [-0.39, 0.29) is 12.5 Å². The average molecular weight is 294 g/mol. The lowest BCUT2D eigenvalue weighted by molar-refractivity contribution is -0.119. The van der Waals surface area contributed by atoms with Gasteiger partial charge in [0.25, 0.3) is 5.91 Å². The van der Waals surface area contributed by atoms with Gasteiger partial charge in [-0.2, -0.15) is 5.10 Å².